The van der Waals surface area contributed by atoms with Crippen LogP contribution in [-0.4, -0.2) is 17.9 Å². The molecule has 12 atom stereocenters. The second-order valence-electron chi connectivity index (χ2n) is 23.0. The fraction of sp³-hybridized carbons (Fsp3) is 0.618. The molecule has 0 amide bonds. The molecule has 0 aromatic heterocycles. The Balaban J connectivity index is 1.00. The summed E-state index contributed by atoms with van der Waals surface area (Å²) in [6, 6.07) is 13.7. The van der Waals surface area contributed by atoms with Gasteiger partial charge in [0.05, 0.1) is 0 Å². The summed E-state index contributed by atoms with van der Waals surface area (Å²) >= 11 is 0. The minimum absolute atomic E-state index is 0.147. The third kappa shape index (κ3) is 7.48. The summed E-state index contributed by atoms with van der Waals surface area (Å²) in [5.74, 6) is 8.12. The number of benzene rings is 3. The van der Waals surface area contributed by atoms with Gasteiger partial charge in [-0.1, -0.05) is 94.6 Å². The highest BCUT2D eigenvalue weighted by atomic mass is 16.5. The predicted octanol–water partition coefficient (Wildman–Crippen LogP) is 12.8. The van der Waals surface area contributed by atoms with Gasteiger partial charge in [0, 0.05) is 31.9 Å². The van der Waals surface area contributed by atoms with Gasteiger partial charge < -0.3 is 14.2 Å². The van der Waals surface area contributed by atoms with Gasteiger partial charge in [0.2, 0.25) is 0 Å². The largest absolute Gasteiger partial charge is 0.426 e. The Kier molecular flexibility index (Phi) is 10.5. The molecule has 9 rings (SSSR count). The highest BCUT2D eigenvalue weighted by Gasteiger charge is 2.59. The van der Waals surface area contributed by atoms with Crippen LogP contribution in [0.1, 0.15) is 187 Å². The Morgan fingerprint density at radius 1 is 0.426 bits per heavy atom. The molecule has 3 aromatic rings. The molecule has 0 radical (unpaired) electrons. The van der Waals surface area contributed by atoms with Crippen molar-refractivity contribution in [3.05, 3.63) is 86.5 Å². The Morgan fingerprint density at radius 3 is 1.16 bits per heavy atom. The SMILES string of the molecule is CC(=O)Oc1c(C2CC3C4CC(c5cc(C)cc(C(C)(C)C)c5OC(C)=O)C(C4)C3C2)cc(C)cc1C1CC2CC1C1CC(c3cc(C)cc(C(C)(C)C)c3OC(C)=O)CC21. The lowest BCUT2D eigenvalue weighted by Crippen LogP contribution is -2.25. The number of esters is 3. The quantitative estimate of drug-likeness (QED) is 0.174. The predicted molar refractivity (Wildman–Crippen MR) is 241 cm³/mol. The summed E-state index contributed by atoms with van der Waals surface area (Å²) in [6.45, 7) is 24.5. The van der Waals surface area contributed by atoms with E-state index >= 15 is 0 Å². The van der Waals surface area contributed by atoms with Gasteiger partial charge in [0.25, 0.3) is 0 Å². The number of carbonyl (C=O) groups is 3. The number of ether oxygens (including phenoxy) is 3. The van der Waals surface area contributed by atoms with E-state index in [0.717, 1.165) is 66.9 Å². The van der Waals surface area contributed by atoms with Crippen LogP contribution in [0.3, 0.4) is 0 Å². The second-order valence-corrected chi connectivity index (χ2v) is 23.0. The van der Waals surface area contributed by atoms with Crippen LogP contribution in [0.2, 0.25) is 0 Å². The molecule has 6 fully saturated rings. The van der Waals surface area contributed by atoms with E-state index in [1.807, 2.05) is 0 Å². The van der Waals surface area contributed by atoms with Crippen molar-refractivity contribution in [1.82, 2.24) is 0 Å². The first kappa shape index (κ1) is 42.4. The second kappa shape index (κ2) is 15.1. The summed E-state index contributed by atoms with van der Waals surface area (Å²) in [5.41, 5.74) is 10.6. The molecule has 61 heavy (non-hydrogen) atoms. The smallest absolute Gasteiger partial charge is 0.308 e. The van der Waals surface area contributed by atoms with Crippen molar-refractivity contribution in [2.75, 3.05) is 0 Å². The highest BCUT2D eigenvalue weighted by molar-refractivity contribution is 5.73. The zero-order chi connectivity index (χ0) is 43.6. The van der Waals surface area contributed by atoms with Gasteiger partial charge in [-0.3, -0.25) is 14.4 Å². The average Bonchev–Trinajstić information content (AvgIpc) is 3.99. The maximum absolute atomic E-state index is 13.1. The van der Waals surface area contributed by atoms with E-state index in [0.29, 0.717) is 71.0 Å². The van der Waals surface area contributed by atoms with E-state index < -0.39 is 0 Å². The van der Waals surface area contributed by atoms with Crippen LogP contribution in [0.4, 0.5) is 0 Å². The molecule has 6 heteroatoms. The first-order valence-electron chi connectivity index (χ1n) is 23.7. The Labute approximate surface area is 365 Å². The molecule has 3 aromatic carbocycles. The molecule has 6 aliphatic carbocycles. The molecule has 4 bridgehead atoms. The topological polar surface area (TPSA) is 78.9 Å². The molecule has 0 aliphatic heterocycles. The number of fused-ring (bicyclic) bond motifs is 10. The van der Waals surface area contributed by atoms with Crippen molar-refractivity contribution in [3.8, 4) is 17.2 Å². The first-order valence-corrected chi connectivity index (χ1v) is 23.7. The Bertz CT molecular complexity index is 2290. The average molecular weight is 827 g/mol. The summed E-state index contributed by atoms with van der Waals surface area (Å²) in [6.07, 6.45) is 9.30. The van der Waals surface area contributed by atoms with Crippen LogP contribution in [-0.2, 0) is 25.2 Å². The van der Waals surface area contributed by atoms with Crippen LogP contribution in [0.15, 0.2) is 36.4 Å². The summed E-state index contributed by atoms with van der Waals surface area (Å²) in [5, 5.41) is 0. The number of hydrogen-bond acceptors (Lipinski definition) is 6. The lowest BCUT2D eigenvalue weighted by Gasteiger charge is -2.34. The number of carbonyl (C=O) groups excluding carboxylic acids is 3. The van der Waals surface area contributed by atoms with Crippen LogP contribution in [0.25, 0.3) is 0 Å². The maximum atomic E-state index is 13.1. The van der Waals surface area contributed by atoms with Gasteiger partial charge >= 0.3 is 17.9 Å². The Hall–Kier alpha value is -3.93. The van der Waals surface area contributed by atoms with E-state index in [1.54, 1.807) is 6.92 Å². The van der Waals surface area contributed by atoms with Gasteiger partial charge in [-0.2, -0.15) is 0 Å². The normalized spacial score (nSPS) is 32.3. The molecule has 0 N–H and O–H groups in total. The number of aryl methyl sites for hydroxylation is 3. The van der Waals surface area contributed by atoms with E-state index in [1.165, 1.54) is 65.6 Å². The molecule has 6 nitrogen and oxygen atoms in total. The van der Waals surface area contributed by atoms with Gasteiger partial charge in [-0.25, -0.2) is 0 Å². The first-order chi connectivity index (χ1) is 28.7. The molecular formula is C55H70O6. The fourth-order valence-corrected chi connectivity index (χ4v) is 14.8. The van der Waals surface area contributed by atoms with E-state index in [4.69, 9.17) is 14.2 Å². The number of rotatable bonds is 7. The van der Waals surface area contributed by atoms with Crippen molar-refractivity contribution in [2.45, 2.75) is 169 Å². The molecule has 6 saturated carbocycles. The lowest BCUT2D eigenvalue weighted by atomic mass is 9.71. The van der Waals surface area contributed by atoms with Crippen LogP contribution < -0.4 is 14.2 Å². The van der Waals surface area contributed by atoms with Crippen molar-refractivity contribution in [1.29, 1.82) is 0 Å². The zero-order valence-electron chi connectivity index (χ0n) is 39.0. The van der Waals surface area contributed by atoms with Gasteiger partial charge in [-0.05, 0) is 176 Å². The molecule has 0 spiro atoms. The number of hydrogen-bond donors (Lipinski definition) is 0. The summed E-state index contributed by atoms with van der Waals surface area (Å²) < 4.78 is 18.6. The Morgan fingerprint density at radius 2 is 0.754 bits per heavy atom. The van der Waals surface area contributed by atoms with Crippen LogP contribution in [0.5, 0.6) is 17.2 Å². The van der Waals surface area contributed by atoms with Crippen molar-refractivity contribution < 1.29 is 28.6 Å². The lowest BCUT2D eigenvalue weighted by molar-refractivity contribution is -0.133. The molecule has 12 unspecified atom stereocenters. The van der Waals surface area contributed by atoms with E-state index in [-0.39, 0.29) is 28.7 Å². The molecule has 0 saturated heterocycles. The molecule has 326 valence electrons. The van der Waals surface area contributed by atoms with Crippen LogP contribution >= 0.6 is 0 Å². The van der Waals surface area contributed by atoms with E-state index in [2.05, 4.69) is 98.7 Å². The monoisotopic (exact) mass is 827 g/mol. The summed E-state index contributed by atoms with van der Waals surface area (Å²) in [4.78, 5) is 38.1. The highest BCUT2D eigenvalue weighted by Crippen LogP contribution is 2.70. The van der Waals surface area contributed by atoms with Crippen molar-refractivity contribution >= 4 is 17.9 Å². The summed E-state index contributed by atoms with van der Waals surface area (Å²) in [7, 11) is 0. The van der Waals surface area contributed by atoms with E-state index in [9.17, 15) is 14.4 Å². The fourth-order valence-electron chi connectivity index (χ4n) is 14.8. The zero-order valence-corrected chi connectivity index (χ0v) is 39.0. The standard InChI is InChI=1S/C55H70O6/c1-27-13-39(35-19-37-34-22-44(41(37)25-35)46(24-34)48-16-29(3)18-50(55(10,11)12)53(48)61-32(6)58)51(59-30(4)56)47(15-27)45-23-33-21-43(45)42-26-36(20-38(33)42)40-14-28(2)17-49(54(7,8)9)52(40)60-31(5)57/h13-18,33-38,41-46H,19-26H2,1-12H3. The minimum Gasteiger partial charge on any atom is -0.426 e. The van der Waals surface area contributed by atoms with Gasteiger partial charge in [-0.15, -0.1) is 0 Å². The van der Waals surface area contributed by atoms with Crippen molar-refractivity contribution in [3.63, 3.8) is 0 Å². The third-order valence-electron chi connectivity index (χ3n) is 16.8. The molecular weight excluding hydrogens is 757 g/mol. The van der Waals surface area contributed by atoms with Gasteiger partial charge in [0.1, 0.15) is 17.2 Å². The third-order valence-corrected chi connectivity index (χ3v) is 16.8. The molecule has 0 heterocycles. The van der Waals surface area contributed by atoms with Crippen molar-refractivity contribution in [2.24, 2.45) is 47.3 Å². The maximum Gasteiger partial charge on any atom is 0.308 e. The molecule has 6 aliphatic rings. The minimum atomic E-state index is -0.255. The van der Waals surface area contributed by atoms with Crippen LogP contribution in [0, 0.1) is 68.1 Å². The van der Waals surface area contributed by atoms with Gasteiger partial charge in [0.15, 0.2) is 0 Å².